The number of ether oxygens (including phenoxy) is 1. The topological polar surface area (TPSA) is 92.4 Å². The van der Waals surface area contributed by atoms with Crippen LogP contribution in [0.1, 0.15) is 41.0 Å². The third-order valence-electron chi connectivity index (χ3n) is 5.02. The van der Waals surface area contributed by atoms with Gasteiger partial charge in [-0.1, -0.05) is 19.9 Å². The van der Waals surface area contributed by atoms with Gasteiger partial charge in [-0.15, -0.1) is 0 Å². The molecule has 0 radical (unpaired) electrons. The van der Waals surface area contributed by atoms with E-state index < -0.39 is 17.6 Å². The zero-order valence-electron chi connectivity index (χ0n) is 21.3. The van der Waals surface area contributed by atoms with Gasteiger partial charge in [0.2, 0.25) is 5.91 Å². The first-order valence-corrected chi connectivity index (χ1v) is 11.9. The molecular weight excluding hydrogens is 459 g/mol. The van der Waals surface area contributed by atoms with Gasteiger partial charge in [-0.05, 0) is 93.8 Å². The monoisotopic (exact) mass is 492 g/mol. The van der Waals surface area contributed by atoms with Gasteiger partial charge in [0.05, 0.1) is 5.69 Å². The number of rotatable bonds is 8. The summed E-state index contributed by atoms with van der Waals surface area (Å²) in [5.41, 5.74) is 1.08. The lowest BCUT2D eigenvalue weighted by Crippen LogP contribution is -2.53. The van der Waals surface area contributed by atoms with Gasteiger partial charge < -0.3 is 20.7 Å². The number of hydrogen-bond acceptors (Lipinski definition) is 4. The van der Waals surface area contributed by atoms with Crippen LogP contribution in [0.15, 0.2) is 66.7 Å². The fraction of sp³-hybridized carbons (Fsp3) is 0.321. The number of benzene rings is 2. The molecule has 0 saturated carbocycles. The largest absolute Gasteiger partial charge is 0.457 e. The number of carbonyl (C=O) groups is 2. The molecule has 2 aromatic carbocycles. The molecule has 0 fully saturated rings. The molecule has 0 aliphatic heterocycles. The lowest BCUT2D eigenvalue weighted by atomic mass is 10.0. The highest BCUT2D eigenvalue weighted by Crippen LogP contribution is 2.26. The molecule has 1 heterocycles. The number of amides is 3. The summed E-state index contributed by atoms with van der Waals surface area (Å²) >= 11 is 0. The van der Waals surface area contributed by atoms with E-state index in [9.17, 15) is 14.0 Å². The lowest BCUT2D eigenvalue weighted by Gasteiger charge is -2.25. The van der Waals surface area contributed by atoms with Crippen molar-refractivity contribution in [2.45, 2.75) is 52.6 Å². The van der Waals surface area contributed by atoms with E-state index in [1.54, 1.807) is 36.4 Å². The molecule has 36 heavy (non-hydrogen) atoms. The molecular formula is C28H33FN4O3. The van der Waals surface area contributed by atoms with Crippen LogP contribution < -0.4 is 20.7 Å². The Bertz CT molecular complexity index is 1170. The van der Waals surface area contributed by atoms with Gasteiger partial charge in [-0.25, -0.2) is 14.2 Å². The Balaban J connectivity index is 1.68. The van der Waals surface area contributed by atoms with E-state index in [0.717, 1.165) is 5.56 Å². The van der Waals surface area contributed by atoms with E-state index in [4.69, 9.17) is 4.74 Å². The predicted octanol–water partition coefficient (Wildman–Crippen LogP) is 6.13. The molecule has 8 heteroatoms. The molecule has 0 aliphatic rings. The SMILES string of the molecule is CC(C)C[C@H](NC(=O)NC(C)(C)C)C(=O)Nc1cccc(-c2ccc(Oc3ccc(F)cc3)cc2)n1. The number of halogens is 1. The van der Waals surface area contributed by atoms with Crippen LogP contribution in [0.2, 0.25) is 0 Å². The number of carbonyl (C=O) groups excluding carboxylic acids is 2. The molecule has 1 atom stereocenters. The van der Waals surface area contributed by atoms with Crippen molar-refractivity contribution in [2.24, 2.45) is 5.92 Å². The van der Waals surface area contributed by atoms with Crippen molar-refractivity contribution in [3.8, 4) is 22.8 Å². The van der Waals surface area contributed by atoms with E-state index in [0.29, 0.717) is 29.4 Å². The second-order valence-corrected chi connectivity index (χ2v) is 10.0. The minimum atomic E-state index is -0.708. The zero-order chi connectivity index (χ0) is 26.3. The second-order valence-electron chi connectivity index (χ2n) is 10.0. The van der Waals surface area contributed by atoms with Crippen molar-refractivity contribution in [2.75, 3.05) is 5.32 Å². The first-order valence-electron chi connectivity index (χ1n) is 11.9. The number of hydrogen-bond donors (Lipinski definition) is 3. The van der Waals surface area contributed by atoms with Gasteiger partial charge in [0.1, 0.15) is 29.2 Å². The Hall–Kier alpha value is -3.94. The van der Waals surface area contributed by atoms with Gasteiger partial charge >= 0.3 is 6.03 Å². The molecule has 0 aliphatic carbocycles. The smallest absolute Gasteiger partial charge is 0.315 e. The van der Waals surface area contributed by atoms with Gasteiger partial charge in [-0.3, -0.25) is 4.79 Å². The molecule has 3 rings (SSSR count). The number of urea groups is 1. The summed E-state index contributed by atoms with van der Waals surface area (Å²) in [4.78, 5) is 29.9. The van der Waals surface area contributed by atoms with Crippen LogP contribution in [0.4, 0.5) is 15.0 Å². The minimum absolute atomic E-state index is 0.200. The van der Waals surface area contributed by atoms with Gasteiger partial charge in [0.15, 0.2) is 0 Å². The number of anilines is 1. The fourth-order valence-electron chi connectivity index (χ4n) is 3.45. The zero-order valence-corrected chi connectivity index (χ0v) is 21.3. The van der Waals surface area contributed by atoms with Crippen molar-refractivity contribution in [1.29, 1.82) is 0 Å². The van der Waals surface area contributed by atoms with Gasteiger partial charge in [0.25, 0.3) is 0 Å². The number of nitrogens with zero attached hydrogens (tertiary/aromatic N) is 1. The van der Waals surface area contributed by atoms with E-state index >= 15 is 0 Å². The molecule has 3 N–H and O–H groups in total. The molecule has 0 spiro atoms. The minimum Gasteiger partial charge on any atom is -0.457 e. The van der Waals surface area contributed by atoms with Crippen LogP contribution in [0.3, 0.4) is 0 Å². The maximum Gasteiger partial charge on any atom is 0.315 e. The van der Waals surface area contributed by atoms with Crippen LogP contribution >= 0.6 is 0 Å². The summed E-state index contributed by atoms with van der Waals surface area (Å²) in [7, 11) is 0. The third kappa shape index (κ3) is 8.37. The Labute approximate surface area is 211 Å². The van der Waals surface area contributed by atoms with Gasteiger partial charge in [0, 0.05) is 11.1 Å². The molecule has 3 aromatic rings. The summed E-state index contributed by atoms with van der Waals surface area (Å²) < 4.78 is 18.8. The van der Waals surface area contributed by atoms with E-state index in [2.05, 4.69) is 20.9 Å². The number of aromatic nitrogens is 1. The quantitative estimate of drug-likeness (QED) is 0.353. The standard InChI is InChI=1S/C28H33FN4O3/c1-18(2)17-24(31-27(35)33-28(3,4)5)26(34)32-25-8-6-7-23(30-25)19-9-13-21(14-10-19)36-22-15-11-20(29)12-16-22/h6-16,18,24H,17H2,1-5H3,(H,30,32,34)(H2,31,33,35)/t24-/m0/s1. The Morgan fingerprint density at radius 2 is 1.56 bits per heavy atom. The van der Waals surface area contributed by atoms with E-state index in [1.807, 2.05) is 52.8 Å². The fourth-order valence-corrected chi connectivity index (χ4v) is 3.45. The van der Waals surface area contributed by atoms with Gasteiger partial charge in [-0.2, -0.15) is 0 Å². The number of nitrogens with one attached hydrogen (secondary N) is 3. The van der Waals surface area contributed by atoms with Crippen LogP contribution in [-0.2, 0) is 4.79 Å². The highest BCUT2D eigenvalue weighted by Gasteiger charge is 2.24. The summed E-state index contributed by atoms with van der Waals surface area (Å²) in [5.74, 6) is 1.07. The maximum atomic E-state index is 13.1. The second kappa shape index (κ2) is 11.7. The first-order chi connectivity index (χ1) is 17.0. The van der Waals surface area contributed by atoms with Crippen LogP contribution in [-0.4, -0.2) is 28.5 Å². The molecule has 0 saturated heterocycles. The highest BCUT2D eigenvalue weighted by molar-refractivity contribution is 5.96. The van der Waals surface area contributed by atoms with Crippen molar-refractivity contribution < 1.29 is 18.7 Å². The van der Waals surface area contributed by atoms with E-state index in [1.165, 1.54) is 12.1 Å². The van der Waals surface area contributed by atoms with Crippen molar-refractivity contribution in [1.82, 2.24) is 15.6 Å². The predicted molar refractivity (Wildman–Crippen MR) is 139 cm³/mol. The van der Waals surface area contributed by atoms with Crippen LogP contribution in [0, 0.1) is 11.7 Å². The average Bonchev–Trinajstić information content (AvgIpc) is 2.79. The maximum absolute atomic E-state index is 13.1. The van der Waals surface area contributed by atoms with Crippen LogP contribution in [0.5, 0.6) is 11.5 Å². The molecule has 1 aromatic heterocycles. The normalized spacial score (nSPS) is 12.1. The molecule has 7 nitrogen and oxygen atoms in total. The Kier molecular flexibility index (Phi) is 8.64. The first kappa shape index (κ1) is 26.7. The van der Waals surface area contributed by atoms with Crippen LogP contribution in [0.25, 0.3) is 11.3 Å². The van der Waals surface area contributed by atoms with Crippen molar-refractivity contribution >= 4 is 17.8 Å². The Morgan fingerprint density at radius 3 is 2.14 bits per heavy atom. The van der Waals surface area contributed by atoms with E-state index in [-0.39, 0.29) is 17.6 Å². The summed E-state index contributed by atoms with van der Waals surface area (Å²) in [5, 5.41) is 8.42. The molecule has 0 bridgehead atoms. The lowest BCUT2D eigenvalue weighted by molar-refractivity contribution is -0.118. The third-order valence-corrected chi connectivity index (χ3v) is 5.02. The average molecular weight is 493 g/mol. The molecule has 3 amide bonds. The summed E-state index contributed by atoms with van der Waals surface area (Å²) in [6, 6.07) is 17.3. The van der Waals surface area contributed by atoms with Crippen molar-refractivity contribution in [3.05, 3.63) is 72.5 Å². The molecule has 190 valence electrons. The summed E-state index contributed by atoms with van der Waals surface area (Å²) in [6.45, 7) is 9.61. The molecule has 0 unspecified atom stereocenters. The number of pyridine rings is 1. The highest BCUT2D eigenvalue weighted by atomic mass is 19.1. The Morgan fingerprint density at radius 1 is 0.944 bits per heavy atom. The summed E-state index contributed by atoms with van der Waals surface area (Å²) in [6.07, 6.45) is 0.485. The van der Waals surface area contributed by atoms with Crippen molar-refractivity contribution in [3.63, 3.8) is 0 Å².